The summed E-state index contributed by atoms with van der Waals surface area (Å²) < 4.78 is 22.3. The fourth-order valence-corrected chi connectivity index (χ4v) is 5.30. The van der Waals surface area contributed by atoms with Gasteiger partial charge in [-0.25, -0.2) is 14.1 Å². The summed E-state index contributed by atoms with van der Waals surface area (Å²) in [5.41, 5.74) is 4.02. The van der Waals surface area contributed by atoms with Crippen LogP contribution in [-0.2, 0) is 24.3 Å². The highest BCUT2D eigenvalue weighted by Crippen LogP contribution is 2.40. The van der Waals surface area contributed by atoms with Gasteiger partial charge < -0.3 is 10.1 Å². The zero-order valence-electron chi connectivity index (χ0n) is 24.0. The molecule has 42 heavy (non-hydrogen) atoms. The van der Waals surface area contributed by atoms with Gasteiger partial charge in [0.05, 0.1) is 40.4 Å². The minimum atomic E-state index is -0.589. The monoisotopic (exact) mass is 589 g/mol. The molecule has 1 N–H and O–H groups in total. The van der Waals surface area contributed by atoms with Gasteiger partial charge in [0, 0.05) is 23.7 Å². The molecule has 11 heteroatoms. The van der Waals surface area contributed by atoms with Crippen LogP contribution in [0.15, 0.2) is 36.7 Å². The Hall–Kier alpha value is -4.07. The van der Waals surface area contributed by atoms with Gasteiger partial charge in [0.1, 0.15) is 17.6 Å². The lowest BCUT2D eigenvalue weighted by atomic mass is 9.93. The number of nitrogens with zero attached hydrogens (tertiary/aromatic N) is 6. The number of halogens is 2. The summed E-state index contributed by atoms with van der Waals surface area (Å²) >= 11 is 5.86. The fourth-order valence-electron chi connectivity index (χ4n) is 5.15. The summed E-state index contributed by atoms with van der Waals surface area (Å²) in [5, 5.41) is 19.3. The Bertz CT molecular complexity index is 1660. The molecule has 1 aliphatic rings. The molecule has 0 radical (unpaired) electrons. The third-order valence-corrected chi connectivity index (χ3v) is 7.31. The van der Waals surface area contributed by atoms with Crippen molar-refractivity contribution in [1.82, 2.24) is 25.1 Å². The maximum absolute atomic E-state index is 14.5. The lowest BCUT2D eigenvalue weighted by Gasteiger charge is -2.29. The summed E-state index contributed by atoms with van der Waals surface area (Å²) in [6.45, 7) is 8.61. The molecule has 0 saturated heterocycles. The van der Waals surface area contributed by atoms with Crippen LogP contribution in [0.3, 0.4) is 0 Å². The molecule has 0 atom stereocenters. The Morgan fingerprint density at radius 1 is 1.21 bits per heavy atom. The minimum absolute atomic E-state index is 0.0705. The lowest BCUT2D eigenvalue weighted by molar-refractivity contribution is -0.121. The molecule has 0 unspecified atom stereocenters. The van der Waals surface area contributed by atoms with Gasteiger partial charge in [-0.1, -0.05) is 38.4 Å². The predicted molar refractivity (Wildman–Crippen MR) is 160 cm³/mol. The molecule has 218 valence electrons. The van der Waals surface area contributed by atoms with Crippen LogP contribution in [0.5, 0.6) is 5.75 Å². The minimum Gasteiger partial charge on any atom is -0.482 e. The molecular weight excluding hydrogens is 557 g/mol. The van der Waals surface area contributed by atoms with Gasteiger partial charge in [-0.2, -0.15) is 10.4 Å². The first-order chi connectivity index (χ1) is 20.3. The van der Waals surface area contributed by atoms with E-state index in [2.05, 4.69) is 42.2 Å². The van der Waals surface area contributed by atoms with Gasteiger partial charge in [-0.3, -0.25) is 14.7 Å². The number of pyridine rings is 2. The van der Waals surface area contributed by atoms with Crippen molar-refractivity contribution in [3.05, 3.63) is 64.5 Å². The number of anilines is 1. The molecule has 4 heterocycles. The number of rotatable bonds is 11. The highest BCUT2D eigenvalue weighted by Gasteiger charge is 2.29. The smallest absolute Gasteiger partial charge is 0.265 e. The molecule has 0 bridgehead atoms. The second-order valence-electron chi connectivity index (χ2n) is 10.8. The Morgan fingerprint density at radius 2 is 2.05 bits per heavy atom. The quantitative estimate of drug-likeness (QED) is 0.224. The molecule has 1 aromatic carbocycles. The van der Waals surface area contributed by atoms with Crippen molar-refractivity contribution in [3.8, 4) is 22.9 Å². The van der Waals surface area contributed by atoms with Gasteiger partial charge in [-0.15, -0.1) is 0 Å². The average Bonchev–Trinajstić information content (AvgIpc) is 3.36. The van der Waals surface area contributed by atoms with E-state index in [0.717, 1.165) is 53.8 Å². The third-order valence-electron chi connectivity index (χ3n) is 7.11. The number of amides is 1. The van der Waals surface area contributed by atoms with E-state index >= 15 is 0 Å². The summed E-state index contributed by atoms with van der Waals surface area (Å²) in [6, 6.07) is 9.00. The number of hydrogen-bond acceptors (Lipinski definition) is 7. The van der Waals surface area contributed by atoms with E-state index in [0.29, 0.717) is 30.0 Å². The maximum Gasteiger partial charge on any atom is 0.265 e. The second-order valence-corrected chi connectivity index (χ2v) is 11.2. The topological polar surface area (TPSA) is 109 Å². The number of aryl methyl sites for hydroxylation is 1. The van der Waals surface area contributed by atoms with Crippen LogP contribution in [0.1, 0.15) is 50.6 Å². The van der Waals surface area contributed by atoms with Crippen LogP contribution < -0.4 is 15.0 Å². The van der Waals surface area contributed by atoms with Gasteiger partial charge in [0.25, 0.3) is 5.91 Å². The van der Waals surface area contributed by atoms with E-state index in [4.69, 9.17) is 21.3 Å². The first-order valence-corrected chi connectivity index (χ1v) is 14.5. The maximum atomic E-state index is 14.5. The normalized spacial score (nSPS) is 13.0. The van der Waals surface area contributed by atoms with Crippen molar-refractivity contribution >= 4 is 34.2 Å². The molecule has 0 spiro atoms. The van der Waals surface area contributed by atoms with Crippen molar-refractivity contribution in [2.45, 2.75) is 53.1 Å². The number of carbonyl (C=O) groups excluding carboxylic acids is 1. The van der Waals surface area contributed by atoms with E-state index in [9.17, 15) is 14.4 Å². The highest BCUT2D eigenvalue weighted by atomic mass is 35.5. The lowest BCUT2D eigenvalue weighted by Crippen LogP contribution is -2.38. The number of nitrogens with one attached hydrogen (secondary N) is 1. The molecule has 1 amide bonds. The molecule has 5 rings (SSSR count). The van der Waals surface area contributed by atoms with Crippen LogP contribution in [0, 0.1) is 23.1 Å². The first kappa shape index (κ1) is 29.4. The zero-order chi connectivity index (χ0) is 29.8. The van der Waals surface area contributed by atoms with Crippen molar-refractivity contribution in [2.24, 2.45) is 5.92 Å². The van der Waals surface area contributed by atoms with Gasteiger partial charge in [0.2, 0.25) is 0 Å². The number of benzene rings is 1. The number of carbonyl (C=O) groups is 1. The Morgan fingerprint density at radius 3 is 2.79 bits per heavy atom. The van der Waals surface area contributed by atoms with Crippen molar-refractivity contribution in [2.75, 3.05) is 24.6 Å². The van der Waals surface area contributed by atoms with Crippen LogP contribution in [0.2, 0.25) is 5.02 Å². The molecular formula is C31H33ClFN7O2. The molecule has 0 saturated carbocycles. The largest absolute Gasteiger partial charge is 0.482 e. The van der Waals surface area contributed by atoms with E-state index < -0.39 is 5.82 Å². The van der Waals surface area contributed by atoms with Crippen molar-refractivity contribution in [3.63, 3.8) is 0 Å². The SMILES string of the molecule is CCCNCCCn1ncc2c(-c3ccc4c(c3)OCC(=O)N4Cc3ncc(Cl)cc3F)c(C#N)c(CC(C)C)nc21. The summed E-state index contributed by atoms with van der Waals surface area (Å²) in [6.07, 6.45) is 5.73. The average molecular weight is 590 g/mol. The highest BCUT2D eigenvalue weighted by molar-refractivity contribution is 6.30. The van der Waals surface area contributed by atoms with Gasteiger partial charge in [0.15, 0.2) is 12.3 Å². The van der Waals surface area contributed by atoms with E-state index in [1.54, 1.807) is 12.3 Å². The van der Waals surface area contributed by atoms with Crippen LogP contribution in [0.25, 0.3) is 22.2 Å². The Kier molecular flexibility index (Phi) is 9.00. The second kappa shape index (κ2) is 12.8. The molecule has 9 nitrogen and oxygen atoms in total. The summed E-state index contributed by atoms with van der Waals surface area (Å²) in [5.74, 6) is -0.161. The van der Waals surface area contributed by atoms with Crippen LogP contribution in [0.4, 0.5) is 10.1 Å². The van der Waals surface area contributed by atoms with Crippen LogP contribution >= 0.6 is 11.6 Å². The molecule has 1 aliphatic heterocycles. The molecule has 4 aromatic rings. The molecule has 3 aromatic heterocycles. The van der Waals surface area contributed by atoms with E-state index in [1.807, 2.05) is 16.8 Å². The van der Waals surface area contributed by atoms with Crippen molar-refractivity contribution in [1.29, 1.82) is 5.26 Å². The van der Waals surface area contributed by atoms with Crippen LogP contribution in [-0.4, -0.2) is 45.4 Å². The van der Waals surface area contributed by atoms with E-state index in [1.165, 1.54) is 17.2 Å². The van der Waals surface area contributed by atoms with Crippen molar-refractivity contribution < 1.29 is 13.9 Å². The standard InChI is InChI=1S/C31H33ClFN7O2/c1-4-8-35-9-5-10-40-31-23(16-37-40)30(22(14-34)25(38-31)11-19(2)3)20-6-7-27-28(12-20)42-18-29(41)39(27)17-26-24(33)13-21(32)15-36-26/h6-7,12-13,15-16,19,35H,4-5,8-11,17-18H2,1-3H3. The van der Waals surface area contributed by atoms with Gasteiger partial charge >= 0.3 is 0 Å². The van der Waals surface area contributed by atoms with Gasteiger partial charge in [-0.05, 0) is 62.0 Å². The fraction of sp³-hybridized carbons (Fsp3) is 0.387. The van der Waals surface area contributed by atoms with E-state index in [-0.39, 0.29) is 35.7 Å². The Balaban J connectivity index is 1.56. The number of hydrogen-bond donors (Lipinski definition) is 1. The zero-order valence-corrected chi connectivity index (χ0v) is 24.7. The summed E-state index contributed by atoms with van der Waals surface area (Å²) in [4.78, 5) is 23.3. The Labute approximate surface area is 249 Å². The number of fused-ring (bicyclic) bond motifs is 2. The molecule has 0 fully saturated rings. The number of ether oxygens (including phenoxy) is 1. The number of nitriles is 1. The third kappa shape index (κ3) is 6.08. The predicted octanol–water partition coefficient (Wildman–Crippen LogP) is 5.67. The number of aromatic nitrogens is 4. The first-order valence-electron chi connectivity index (χ1n) is 14.2. The molecule has 0 aliphatic carbocycles. The summed E-state index contributed by atoms with van der Waals surface area (Å²) in [7, 11) is 0.